The molecule has 0 saturated carbocycles. The molecule has 0 amide bonds. The number of nitriles is 1. The fraction of sp³-hybridized carbons (Fsp3) is 0.0769. The number of aryl methyl sites for hydroxylation is 1. The number of halogens is 1. The number of rotatable bonds is 2. The Morgan fingerprint density at radius 1 is 1.39 bits per heavy atom. The zero-order valence-electron chi connectivity index (χ0n) is 9.74. The van der Waals surface area contributed by atoms with Gasteiger partial charge in [0.15, 0.2) is 0 Å². The Morgan fingerprint density at radius 2 is 2.17 bits per heavy atom. The largest absolute Gasteiger partial charge is 0.398 e. The van der Waals surface area contributed by atoms with Crippen molar-refractivity contribution in [2.75, 3.05) is 11.1 Å². The van der Waals surface area contributed by atoms with Gasteiger partial charge in [-0.15, -0.1) is 0 Å². The fourth-order valence-corrected chi connectivity index (χ4v) is 1.44. The molecule has 5 heteroatoms. The first-order chi connectivity index (χ1) is 8.60. The Morgan fingerprint density at radius 3 is 2.83 bits per heavy atom. The number of nitrogens with zero attached hydrogens (tertiary/aromatic N) is 2. The van der Waals surface area contributed by atoms with Crippen LogP contribution in [0.2, 0.25) is 0 Å². The van der Waals surface area contributed by atoms with Crippen molar-refractivity contribution in [3.63, 3.8) is 0 Å². The van der Waals surface area contributed by atoms with Crippen molar-refractivity contribution in [3.8, 4) is 6.07 Å². The van der Waals surface area contributed by atoms with E-state index in [0.29, 0.717) is 17.2 Å². The predicted molar refractivity (Wildman–Crippen MR) is 67.8 cm³/mol. The van der Waals surface area contributed by atoms with Crippen LogP contribution in [0, 0.1) is 24.1 Å². The van der Waals surface area contributed by atoms with Gasteiger partial charge in [0.05, 0.1) is 5.56 Å². The molecule has 0 spiro atoms. The molecule has 18 heavy (non-hydrogen) atoms. The number of nitrogen functional groups attached to an aromatic ring is 1. The Bertz CT molecular complexity index is 631. The van der Waals surface area contributed by atoms with Crippen LogP contribution in [-0.2, 0) is 0 Å². The van der Waals surface area contributed by atoms with Gasteiger partial charge in [-0.2, -0.15) is 5.26 Å². The molecular weight excluding hydrogens is 231 g/mol. The third kappa shape index (κ3) is 2.38. The SMILES string of the molecule is Cc1cnc(Nc2ccc(F)c(C#N)c2)cc1N. The van der Waals surface area contributed by atoms with Gasteiger partial charge in [0.1, 0.15) is 17.7 Å². The van der Waals surface area contributed by atoms with E-state index < -0.39 is 5.82 Å². The van der Waals surface area contributed by atoms with Gasteiger partial charge in [0, 0.05) is 23.6 Å². The molecule has 0 aliphatic rings. The number of anilines is 3. The van der Waals surface area contributed by atoms with E-state index in [2.05, 4.69) is 10.3 Å². The summed E-state index contributed by atoms with van der Waals surface area (Å²) >= 11 is 0. The van der Waals surface area contributed by atoms with Crippen molar-refractivity contribution in [2.24, 2.45) is 0 Å². The average Bonchev–Trinajstić information content (AvgIpc) is 2.36. The van der Waals surface area contributed by atoms with Gasteiger partial charge < -0.3 is 11.1 Å². The molecule has 0 radical (unpaired) electrons. The fourth-order valence-electron chi connectivity index (χ4n) is 1.44. The van der Waals surface area contributed by atoms with Crippen LogP contribution in [0.4, 0.5) is 21.6 Å². The number of hydrogen-bond acceptors (Lipinski definition) is 4. The van der Waals surface area contributed by atoms with Crippen LogP contribution < -0.4 is 11.1 Å². The van der Waals surface area contributed by atoms with Crippen molar-refractivity contribution in [1.29, 1.82) is 5.26 Å². The van der Waals surface area contributed by atoms with Gasteiger partial charge in [-0.25, -0.2) is 9.37 Å². The summed E-state index contributed by atoms with van der Waals surface area (Å²) in [6.07, 6.45) is 1.65. The average molecular weight is 242 g/mol. The number of aromatic nitrogens is 1. The second kappa shape index (κ2) is 4.72. The van der Waals surface area contributed by atoms with Gasteiger partial charge in [-0.05, 0) is 30.7 Å². The minimum atomic E-state index is -0.542. The highest BCUT2D eigenvalue weighted by Crippen LogP contribution is 2.20. The molecule has 2 rings (SSSR count). The normalized spacial score (nSPS) is 9.83. The van der Waals surface area contributed by atoms with Crippen LogP contribution in [0.25, 0.3) is 0 Å². The lowest BCUT2D eigenvalue weighted by atomic mass is 10.2. The summed E-state index contributed by atoms with van der Waals surface area (Å²) in [5, 5.41) is 11.7. The van der Waals surface area contributed by atoms with Gasteiger partial charge in [-0.3, -0.25) is 0 Å². The second-order valence-electron chi connectivity index (χ2n) is 3.86. The molecule has 0 unspecified atom stereocenters. The predicted octanol–water partition coefficient (Wildman–Crippen LogP) is 2.73. The van der Waals surface area contributed by atoms with E-state index in [9.17, 15) is 4.39 Å². The minimum Gasteiger partial charge on any atom is -0.398 e. The summed E-state index contributed by atoms with van der Waals surface area (Å²) in [6, 6.07) is 7.66. The third-order valence-corrected chi connectivity index (χ3v) is 2.50. The first-order valence-electron chi connectivity index (χ1n) is 5.29. The third-order valence-electron chi connectivity index (χ3n) is 2.50. The summed E-state index contributed by atoms with van der Waals surface area (Å²) in [5.74, 6) is 0.00743. The van der Waals surface area contributed by atoms with Gasteiger partial charge in [0.25, 0.3) is 0 Å². The van der Waals surface area contributed by atoms with Gasteiger partial charge in [-0.1, -0.05) is 0 Å². The monoisotopic (exact) mass is 242 g/mol. The molecule has 0 aliphatic heterocycles. The molecule has 0 fully saturated rings. The molecule has 90 valence electrons. The number of pyridine rings is 1. The summed E-state index contributed by atoms with van der Waals surface area (Å²) in [4.78, 5) is 4.14. The van der Waals surface area contributed by atoms with E-state index in [-0.39, 0.29) is 5.56 Å². The quantitative estimate of drug-likeness (QED) is 0.849. The second-order valence-corrected chi connectivity index (χ2v) is 3.86. The van der Waals surface area contributed by atoms with Crippen LogP contribution in [0.15, 0.2) is 30.5 Å². The van der Waals surface area contributed by atoms with Crippen LogP contribution in [0.3, 0.4) is 0 Å². The first-order valence-corrected chi connectivity index (χ1v) is 5.29. The summed E-state index contributed by atoms with van der Waals surface area (Å²) < 4.78 is 13.1. The highest BCUT2D eigenvalue weighted by Gasteiger charge is 2.04. The van der Waals surface area contributed by atoms with Crippen molar-refractivity contribution >= 4 is 17.2 Å². The van der Waals surface area contributed by atoms with E-state index in [1.807, 2.05) is 6.92 Å². The van der Waals surface area contributed by atoms with Crippen LogP contribution >= 0.6 is 0 Å². The zero-order chi connectivity index (χ0) is 13.1. The van der Waals surface area contributed by atoms with E-state index >= 15 is 0 Å². The van der Waals surface area contributed by atoms with Crippen LogP contribution in [-0.4, -0.2) is 4.98 Å². The van der Waals surface area contributed by atoms with E-state index in [1.54, 1.807) is 18.3 Å². The molecule has 0 saturated heterocycles. The van der Waals surface area contributed by atoms with Crippen molar-refractivity contribution in [3.05, 3.63) is 47.4 Å². The smallest absolute Gasteiger partial charge is 0.141 e. The molecule has 1 heterocycles. The Labute approximate surface area is 104 Å². The maximum atomic E-state index is 13.1. The minimum absolute atomic E-state index is 0.0138. The molecule has 2 aromatic rings. The van der Waals surface area contributed by atoms with E-state index in [0.717, 1.165) is 5.56 Å². The highest BCUT2D eigenvalue weighted by atomic mass is 19.1. The molecule has 0 atom stereocenters. The molecule has 3 N–H and O–H groups in total. The topological polar surface area (TPSA) is 74.7 Å². The first kappa shape index (κ1) is 11.9. The zero-order valence-corrected chi connectivity index (χ0v) is 9.74. The van der Waals surface area contributed by atoms with Crippen molar-refractivity contribution in [1.82, 2.24) is 4.98 Å². The summed E-state index contributed by atoms with van der Waals surface area (Å²) in [6.45, 7) is 1.86. The number of benzene rings is 1. The number of nitrogens with two attached hydrogens (primary N) is 1. The standard InChI is InChI=1S/C13H11FN4/c1-8-7-17-13(5-12(8)16)18-10-2-3-11(14)9(4-10)6-15/h2-5,7H,1H3,(H3,16,17,18). The molecule has 4 nitrogen and oxygen atoms in total. The lowest BCUT2D eigenvalue weighted by Crippen LogP contribution is -1.98. The Balaban J connectivity index is 2.29. The molecule has 1 aromatic carbocycles. The molecular formula is C13H11FN4. The molecule has 1 aromatic heterocycles. The van der Waals surface area contributed by atoms with Crippen molar-refractivity contribution in [2.45, 2.75) is 6.92 Å². The van der Waals surface area contributed by atoms with Crippen LogP contribution in [0.1, 0.15) is 11.1 Å². The van der Waals surface area contributed by atoms with E-state index in [1.165, 1.54) is 18.2 Å². The number of nitrogens with one attached hydrogen (secondary N) is 1. The number of hydrogen-bond donors (Lipinski definition) is 2. The summed E-state index contributed by atoms with van der Waals surface area (Å²) in [7, 11) is 0. The Hall–Kier alpha value is -2.61. The van der Waals surface area contributed by atoms with Gasteiger partial charge in [0.2, 0.25) is 0 Å². The van der Waals surface area contributed by atoms with Crippen LogP contribution in [0.5, 0.6) is 0 Å². The van der Waals surface area contributed by atoms with E-state index in [4.69, 9.17) is 11.0 Å². The van der Waals surface area contributed by atoms with Gasteiger partial charge >= 0.3 is 0 Å². The maximum Gasteiger partial charge on any atom is 0.141 e. The lowest BCUT2D eigenvalue weighted by Gasteiger charge is -2.08. The van der Waals surface area contributed by atoms with Crippen molar-refractivity contribution < 1.29 is 4.39 Å². The molecule has 0 aliphatic carbocycles. The Kier molecular flexibility index (Phi) is 3.11. The maximum absolute atomic E-state index is 13.1. The molecule has 0 bridgehead atoms. The lowest BCUT2D eigenvalue weighted by molar-refractivity contribution is 0.624. The highest BCUT2D eigenvalue weighted by molar-refractivity contribution is 5.62. The summed E-state index contributed by atoms with van der Waals surface area (Å²) in [5.41, 5.74) is 7.84.